The Morgan fingerprint density at radius 2 is 1.74 bits per heavy atom. The van der Waals surface area contributed by atoms with Crippen molar-refractivity contribution in [2.45, 2.75) is 39.0 Å². The Kier molecular flexibility index (Phi) is 8.44. The van der Waals surface area contributed by atoms with Crippen molar-refractivity contribution in [2.24, 2.45) is 11.5 Å². The molecule has 0 saturated heterocycles. The molecule has 0 spiro atoms. The van der Waals surface area contributed by atoms with E-state index in [1.54, 1.807) is 6.20 Å². The van der Waals surface area contributed by atoms with Gasteiger partial charge in [0.05, 0.1) is 0 Å². The number of fused-ring (bicyclic) bond motifs is 1. The zero-order valence-electron chi connectivity index (χ0n) is 24.2. The van der Waals surface area contributed by atoms with Crippen LogP contribution in [0.5, 0.6) is 0 Å². The van der Waals surface area contributed by atoms with Gasteiger partial charge in [-0.25, -0.2) is 0 Å². The van der Waals surface area contributed by atoms with Crippen LogP contribution in [0, 0.1) is 6.92 Å². The van der Waals surface area contributed by atoms with E-state index in [4.69, 9.17) is 11.5 Å². The van der Waals surface area contributed by atoms with Gasteiger partial charge in [-0.1, -0.05) is 78.9 Å². The molecule has 212 valence electrons. The summed E-state index contributed by atoms with van der Waals surface area (Å²) in [5.74, 6) is 0. The first-order valence-electron chi connectivity index (χ1n) is 14.9. The molecule has 0 radical (unpaired) electrons. The number of para-hydroxylation sites is 1. The van der Waals surface area contributed by atoms with E-state index in [2.05, 4.69) is 121 Å². The first-order chi connectivity index (χ1) is 20.6. The highest BCUT2D eigenvalue weighted by molar-refractivity contribution is 7.77. The third-order valence-electron chi connectivity index (χ3n) is 8.20. The van der Waals surface area contributed by atoms with Gasteiger partial charge >= 0.3 is 0 Å². The second-order valence-electron chi connectivity index (χ2n) is 11.0. The van der Waals surface area contributed by atoms with Crippen LogP contribution in [0.4, 0.5) is 11.4 Å². The zero-order valence-corrected chi connectivity index (χ0v) is 25.1. The molecule has 1 unspecified atom stereocenters. The Morgan fingerprint density at radius 3 is 2.57 bits per heavy atom. The molecular weight excluding hydrogens is 531 g/mol. The molecule has 3 aliphatic rings. The highest BCUT2D eigenvalue weighted by Gasteiger charge is 2.23. The van der Waals surface area contributed by atoms with E-state index in [-0.39, 0.29) is 0 Å². The molecule has 42 heavy (non-hydrogen) atoms. The largest absolute Gasteiger partial charge is 0.405 e. The predicted molar refractivity (Wildman–Crippen MR) is 183 cm³/mol. The Labute approximate surface area is 251 Å². The minimum absolute atomic E-state index is 0.845. The maximum atomic E-state index is 6.43. The summed E-state index contributed by atoms with van der Waals surface area (Å²) in [5, 5.41) is 11.2. The fourth-order valence-electron chi connectivity index (χ4n) is 5.98. The van der Waals surface area contributed by atoms with Crippen molar-refractivity contribution in [2.75, 3.05) is 17.2 Å². The summed E-state index contributed by atoms with van der Waals surface area (Å²) in [6, 6.07) is 22.5. The number of aryl methyl sites for hydroxylation is 1. The second kappa shape index (κ2) is 12.7. The third-order valence-corrected chi connectivity index (χ3v) is 10.7. The molecule has 0 fully saturated rings. The van der Waals surface area contributed by atoms with Crippen LogP contribution in [-0.4, -0.2) is 6.54 Å². The van der Waals surface area contributed by atoms with Crippen LogP contribution in [0.25, 0.3) is 17.2 Å². The van der Waals surface area contributed by atoms with Gasteiger partial charge in [0.2, 0.25) is 0 Å². The molecule has 5 heteroatoms. The Morgan fingerprint density at radius 1 is 0.905 bits per heavy atom. The van der Waals surface area contributed by atoms with Gasteiger partial charge in [-0.05, 0) is 116 Å². The van der Waals surface area contributed by atoms with Gasteiger partial charge in [-0.2, -0.15) is 0 Å². The van der Waals surface area contributed by atoms with E-state index in [1.807, 2.05) is 0 Å². The zero-order chi connectivity index (χ0) is 28.9. The van der Waals surface area contributed by atoms with Crippen LogP contribution < -0.4 is 32.7 Å². The van der Waals surface area contributed by atoms with Gasteiger partial charge in [-0.15, -0.1) is 0 Å². The highest BCUT2D eigenvalue weighted by Crippen LogP contribution is 2.48. The second-order valence-corrected chi connectivity index (χ2v) is 13.2. The van der Waals surface area contributed by atoms with Gasteiger partial charge in [0.1, 0.15) is 0 Å². The maximum absolute atomic E-state index is 6.43. The lowest BCUT2D eigenvalue weighted by molar-refractivity contribution is 0.669. The summed E-state index contributed by atoms with van der Waals surface area (Å²) in [6.07, 6.45) is 22.1. The average Bonchev–Trinajstić information content (AvgIpc) is 3.03. The molecule has 0 amide bonds. The lowest BCUT2D eigenvalue weighted by Crippen LogP contribution is -2.17. The van der Waals surface area contributed by atoms with Crippen LogP contribution in [0.1, 0.15) is 43.2 Å². The standard InChI is InChI=1S/C37H39N4P/c1-26-17-19-29(24-32(26)31-13-5-7-15-34(31)41-35-16-8-6-14-33(35)39)42(37(21-22-38)28-10-3-2-4-11-28)30-20-18-27-12-9-23-40-36(27)25-30/h2-5,7,9-10,12-13,15,17-22,24-25,40-41H,6,8,11,14,16,23,38-39H2,1H3/b22-21-,37-28+. The molecule has 0 aromatic heterocycles. The van der Waals surface area contributed by atoms with Crippen molar-refractivity contribution < 1.29 is 0 Å². The van der Waals surface area contributed by atoms with Crippen molar-refractivity contribution in [3.8, 4) is 11.1 Å². The number of allylic oxidation sites excluding steroid dienone is 9. The summed E-state index contributed by atoms with van der Waals surface area (Å²) >= 11 is 0. The molecule has 4 nitrogen and oxygen atoms in total. The van der Waals surface area contributed by atoms with E-state index in [0.29, 0.717) is 0 Å². The van der Waals surface area contributed by atoms with E-state index >= 15 is 0 Å². The van der Waals surface area contributed by atoms with Crippen molar-refractivity contribution in [3.05, 3.63) is 137 Å². The van der Waals surface area contributed by atoms with Gasteiger partial charge in [-0.3, -0.25) is 0 Å². The van der Waals surface area contributed by atoms with Gasteiger partial charge in [0.25, 0.3) is 0 Å². The van der Waals surface area contributed by atoms with E-state index in [0.717, 1.165) is 49.3 Å². The first-order valence-corrected chi connectivity index (χ1v) is 16.2. The molecule has 6 N–H and O–H groups in total. The predicted octanol–water partition coefficient (Wildman–Crippen LogP) is 7.93. The lowest BCUT2D eigenvalue weighted by atomic mass is 9.97. The molecule has 2 aliphatic carbocycles. The Hall–Kier alpha value is -4.27. The summed E-state index contributed by atoms with van der Waals surface area (Å²) in [6.45, 7) is 3.05. The van der Waals surface area contributed by atoms with Gasteiger partial charge < -0.3 is 22.1 Å². The average molecular weight is 571 g/mol. The minimum atomic E-state index is -0.897. The quantitative estimate of drug-likeness (QED) is 0.218. The fraction of sp³-hybridized carbons (Fsp3) is 0.189. The molecule has 0 saturated carbocycles. The smallest absolute Gasteiger partial charge is 0.0462 e. The number of nitrogens with two attached hydrogens (primary N) is 2. The monoisotopic (exact) mass is 570 g/mol. The number of hydrogen-bond acceptors (Lipinski definition) is 4. The van der Waals surface area contributed by atoms with Crippen LogP contribution in [-0.2, 0) is 0 Å². The minimum Gasteiger partial charge on any atom is -0.405 e. The van der Waals surface area contributed by atoms with E-state index < -0.39 is 7.92 Å². The van der Waals surface area contributed by atoms with Crippen LogP contribution in [0.2, 0.25) is 0 Å². The first kappa shape index (κ1) is 27.9. The maximum Gasteiger partial charge on any atom is 0.0462 e. The van der Waals surface area contributed by atoms with E-state index in [9.17, 15) is 0 Å². The van der Waals surface area contributed by atoms with Crippen LogP contribution in [0.3, 0.4) is 0 Å². The number of rotatable bonds is 7. The Balaban J connectivity index is 1.50. The molecule has 3 aromatic rings. The summed E-state index contributed by atoms with van der Waals surface area (Å²) in [5.41, 5.74) is 23.2. The molecule has 1 heterocycles. The van der Waals surface area contributed by atoms with E-state index in [1.165, 1.54) is 55.9 Å². The molecular formula is C37H39N4P. The van der Waals surface area contributed by atoms with Crippen molar-refractivity contribution >= 4 is 36.0 Å². The third kappa shape index (κ3) is 5.86. The molecule has 3 aromatic carbocycles. The number of hydrogen-bond donors (Lipinski definition) is 4. The topological polar surface area (TPSA) is 76.1 Å². The van der Waals surface area contributed by atoms with Crippen molar-refractivity contribution in [1.29, 1.82) is 0 Å². The molecule has 6 rings (SSSR count). The number of benzene rings is 3. The summed E-state index contributed by atoms with van der Waals surface area (Å²) in [4.78, 5) is 0. The Bertz CT molecular complexity index is 1670. The highest BCUT2D eigenvalue weighted by atomic mass is 31.1. The summed E-state index contributed by atoms with van der Waals surface area (Å²) in [7, 11) is -0.897. The van der Waals surface area contributed by atoms with Gasteiger partial charge in [0, 0.05) is 34.9 Å². The normalized spacial score (nSPS) is 18.1. The molecule has 0 bridgehead atoms. The summed E-state index contributed by atoms with van der Waals surface area (Å²) < 4.78 is 0. The molecule has 1 aliphatic heterocycles. The van der Waals surface area contributed by atoms with Crippen LogP contribution in [0.15, 0.2) is 126 Å². The van der Waals surface area contributed by atoms with Crippen molar-refractivity contribution in [1.82, 2.24) is 0 Å². The number of nitrogens with one attached hydrogen (secondary N) is 2. The molecule has 1 atom stereocenters. The fourth-order valence-corrected chi connectivity index (χ4v) is 8.49. The SMILES string of the molecule is Cc1ccc(P(C(/C=C\N)=C2\C=CC=CC2)c2ccc3c(c2)NCC=C3)cc1-c1ccccc1NC1=C(N)CCCC1. The lowest BCUT2D eigenvalue weighted by Gasteiger charge is -2.26. The van der Waals surface area contributed by atoms with Crippen molar-refractivity contribution in [3.63, 3.8) is 0 Å². The van der Waals surface area contributed by atoms with Crippen LogP contribution >= 0.6 is 7.92 Å². The number of anilines is 2. The van der Waals surface area contributed by atoms with Gasteiger partial charge in [0.15, 0.2) is 0 Å².